The summed E-state index contributed by atoms with van der Waals surface area (Å²) in [7, 11) is -4.33. The van der Waals surface area contributed by atoms with Crippen LogP contribution in [0.4, 0.5) is 5.82 Å². The summed E-state index contributed by atoms with van der Waals surface area (Å²) in [6.07, 6.45) is 0. The fraction of sp³-hybridized carbons (Fsp3) is 0.500. The van der Waals surface area contributed by atoms with E-state index < -0.39 is 13.3 Å². The predicted octanol–water partition coefficient (Wildman–Crippen LogP) is -0.156. The molecule has 1 unspecified atom stereocenters. The van der Waals surface area contributed by atoms with Crippen molar-refractivity contribution in [3.63, 3.8) is 0 Å². The summed E-state index contributed by atoms with van der Waals surface area (Å²) in [5, 5.41) is 9.11. The van der Waals surface area contributed by atoms with Crippen LogP contribution in [0.5, 0.6) is 0 Å². The first-order valence-corrected chi connectivity index (χ1v) is 5.45. The highest BCUT2D eigenvalue weighted by molar-refractivity contribution is 7.52. The lowest BCUT2D eigenvalue weighted by Gasteiger charge is -2.12. The van der Waals surface area contributed by atoms with Gasteiger partial charge in [0.15, 0.2) is 5.82 Å². The van der Waals surface area contributed by atoms with Crippen LogP contribution < -0.4 is 5.73 Å². The number of hydrogen-bond donors (Lipinski definition) is 4. The van der Waals surface area contributed by atoms with Crippen LogP contribution in [-0.2, 0) is 4.57 Å². The molecular weight excluding hydrogens is 218 g/mol. The number of nitrogen functional groups attached to an aromatic ring is 1. The highest BCUT2D eigenvalue weighted by Gasteiger charge is 2.33. The zero-order valence-electron chi connectivity index (χ0n) is 6.38. The van der Waals surface area contributed by atoms with E-state index >= 15 is 0 Å². The number of halogens is 1. The first-order chi connectivity index (χ1) is 5.96. The molecule has 1 rings (SSSR count). The van der Waals surface area contributed by atoms with E-state index in [0.29, 0.717) is 0 Å². The third kappa shape index (κ3) is 2.19. The maximum atomic E-state index is 10.9. The van der Waals surface area contributed by atoms with Crippen molar-refractivity contribution < 1.29 is 14.4 Å². The average molecular weight is 227 g/mol. The molecule has 5 N–H and O–H groups in total. The van der Waals surface area contributed by atoms with Crippen LogP contribution in [0.1, 0.15) is 11.4 Å². The maximum Gasteiger partial charge on any atom is 0.335 e. The molecule has 0 aliphatic rings. The largest absolute Gasteiger partial charge is 0.381 e. The molecule has 13 heavy (non-hydrogen) atoms. The molecule has 0 radical (unpaired) electrons. The summed E-state index contributed by atoms with van der Waals surface area (Å²) < 4.78 is 10.9. The highest BCUT2D eigenvalue weighted by atomic mass is 35.5. The average Bonchev–Trinajstić information content (AvgIpc) is 2.35. The van der Waals surface area contributed by atoms with Crippen molar-refractivity contribution in [1.82, 2.24) is 15.4 Å². The second kappa shape index (κ2) is 3.63. The smallest absolute Gasteiger partial charge is 0.335 e. The monoisotopic (exact) mass is 226 g/mol. The Morgan fingerprint density at radius 1 is 1.62 bits per heavy atom. The minimum Gasteiger partial charge on any atom is -0.381 e. The highest BCUT2D eigenvalue weighted by Crippen LogP contribution is 2.52. The molecule has 0 bridgehead atoms. The molecule has 0 fully saturated rings. The number of nitrogens with one attached hydrogen (secondary N) is 1. The Balaban J connectivity index is 3.05. The van der Waals surface area contributed by atoms with Crippen LogP contribution in [-0.4, -0.2) is 31.1 Å². The van der Waals surface area contributed by atoms with Crippen molar-refractivity contribution in [3.8, 4) is 0 Å². The van der Waals surface area contributed by atoms with Gasteiger partial charge in [0.2, 0.25) is 0 Å². The van der Waals surface area contributed by atoms with E-state index in [1.54, 1.807) is 0 Å². The molecular formula is C4H8ClN4O3P. The molecule has 0 amide bonds. The summed E-state index contributed by atoms with van der Waals surface area (Å²) >= 11 is 5.39. The molecule has 1 aromatic heterocycles. The second-order valence-electron chi connectivity index (χ2n) is 2.35. The zero-order valence-corrected chi connectivity index (χ0v) is 8.03. The van der Waals surface area contributed by atoms with Crippen LogP contribution in [0, 0.1) is 0 Å². The lowest BCUT2D eigenvalue weighted by atomic mass is 10.3. The van der Waals surface area contributed by atoms with Gasteiger partial charge >= 0.3 is 7.60 Å². The van der Waals surface area contributed by atoms with Gasteiger partial charge in [-0.2, -0.15) is 10.3 Å². The maximum absolute atomic E-state index is 10.9. The summed E-state index contributed by atoms with van der Waals surface area (Å²) in [6, 6.07) is 0. The Morgan fingerprint density at radius 2 is 2.23 bits per heavy atom. The molecule has 0 aliphatic heterocycles. The molecule has 7 nitrogen and oxygen atoms in total. The minimum absolute atomic E-state index is 0.00309. The van der Waals surface area contributed by atoms with Crippen molar-refractivity contribution >= 4 is 25.0 Å². The molecule has 74 valence electrons. The molecule has 0 spiro atoms. The third-order valence-corrected chi connectivity index (χ3v) is 3.23. The van der Waals surface area contributed by atoms with Crippen LogP contribution >= 0.6 is 19.2 Å². The number of nitrogens with zero attached hydrogens (tertiary/aromatic N) is 2. The Kier molecular flexibility index (Phi) is 2.92. The Hall–Kier alpha value is -0.620. The fourth-order valence-corrected chi connectivity index (χ4v) is 2.19. The normalized spacial score (nSPS) is 14.4. The molecule has 0 aromatic carbocycles. The van der Waals surface area contributed by atoms with Gasteiger partial charge in [-0.05, 0) is 0 Å². The molecule has 1 atom stereocenters. The van der Waals surface area contributed by atoms with Crippen LogP contribution in [0.3, 0.4) is 0 Å². The standard InChI is InChI=1S/C4H8ClN4O3P/c5-1-2(13(10,11)12)3-4(6)8-9-7-3/h2H,1H2,(H2,10,11,12)(H3,6,7,8,9). The summed E-state index contributed by atoms with van der Waals surface area (Å²) in [5.74, 6) is -0.310. The topological polar surface area (TPSA) is 125 Å². The predicted molar refractivity (Wildman–Crippen MR) is 46.3 cm³/mol. The molecule has 1 heterocycles. The molecule has 9 heteroatoms. The van der Waals surface area contributed by atoms with E-state index in [9.17, 15) is 4.57 Å². The number of aromatic nitrogens is 3. The van der Waals surface area contributed by atoms with Crippen molar-refractivity contribution in [1.29, 1.82) is 0 Å². The minimum atomic E-state index is -4.33. The Bertz CT molecular complexity index is 336. The lowest BCUT2D eigenvalue weighted by Crippen LogP contribution is -2.05. The van der Waals surface area contributed by atoms with Crippen molar-refractivity contribution in [2.24, 2.45) is 0 Å². The van der Waals surface area contributed by atoms with Crippen molar-refractivity contribution in [2.45, 2.75) is 5.66 Å². The number of alkyl halides is 1. The van der Waals surface area contributed by atoms with Crippen molar-refractivity contribution in [2.75, 3.05) is 11.6 Å². The van der Waals surface area contributed by atoms with Gasteiger partial charge in [0.05, 0.1) is 0 Å². The Labute approximate surface area is 78.4 Å². The van der Waals surface area contributed by atoms with E-state index in [1.807, 2.05) is 0 Å². The number of nitrogens with two attached hydrogens (primary N) is 1. The van der Waals surface area contributed by atoms with Gasteiger partial charge in [-0.15, -0.1) is 16.7 Å². The van der Waals surface area contributed by atoms with Crippen LogP contribution in [0.2, 0.25) is 0 Å². The molecule has 0 aliphatic carbocycles. The third-order valence-electron chi connectivity index (χ3n) is 1.47. The first-order valence-electron chi connectivity index (χ1n) is 3.24. The summed E-state index contributed by atoms with van der Waals surface area (Å²) in [6.45, 7) is 0. The number of rotatable bonds is 3. The number of aromatic amines is 1. The number of H-pyrrole nitrogens is 1. The van der Waals surface area contributed by atoms with E-state index in [1.165, 1.54) is 0 Å². The van der Waals surface area contributed by atoms with Gasteiger partial charge in [0, 0.05) is 5.88 Å². The van der Waals surface area contributed by atoms with Crippen LogP contribution in [0.25, 0.3) is 0 Å². The van der Waals surface area contributed by atoms with Gasteiger partial charge in [0.1, 0.15) is 11.4 Å². The number of hydrogen-bond acceptors (Lipinski definition) is 4. The fourth-order valence-electron chi connectivity index (χ4n) is 0.815. The van der Waals surface area contributed by atoms with Crippen molar-refractivity contribution in [3.05, 3.63) is 5.69 Å². The van der Waals surface area contributed by atoms with Crippen LogP contribution in [0.15, 0.2) is 0 Å². The second-order valence-corrected chi connectivity index (χ2v) is 4.46. The molecule has 0 saturated heterocycles. The van der Waals surface area contributed by atoms with E-state index in [4.69, 9.17) is 27.1 Å². The van der Waals surface area contributed by atoms with Gasteiger partial charge < -0.3 is 15.5 Å². The quantitative estimate of drug-likeness (QED) is 0.419. The van der Waals surface area contributed by atoms with Gasteiger partial charge in [-0.25, -0.2) is 0 Å². The van der Waals surface area contributed by atoms with Gasteiger partial charge in [-0.3, -0.25) is 4.57 Å². The van der Waals surface area contributed by atoms with E-state index in [2.05, 4.69) is 15.4 Å². The van der Waals surface area contributed by atoms with E-state index in [0.717, 1.165) is 0 Å². The van der Waals surface area contributed by atoms with E-state index in [-0.39, 0.29) is 17.4 Å². The van der Waals surface area contributed by atoms with Gasteiger partial charge in [0.25, 0.3) is 0 Å². The van der Waals surface area contributed by atoms with Gasteiger partial charge in [-0.1, -0.05) is 0 Å². The zero-order chi connectivity index (χ0) is 10.1. The number of anilines is 1. The summed E-state index contributed by atoms with van der Waals surface area (Å²) in [4.78, 5) is 17.7. The summed E-state index contributed by atoms with van der Waals surface area (Å²) in [5.41, 5.74) is 4.11. The molecule has 0 saturated carbocycles. The lowest BCUT2D eigenvalue weighted by molar-refractivity contribution is 0.361. The first kappa shape index (κ1) is 10.5. The molecule has 1 aromatic rings. The SMILES string of the molecule is Nc1n[nH]nc1C(CCl)P(=O)(O)O. The Morgan fingerprint density at radius 3 is 2.54 bits per heavy atom.